The summed E-state index contributed by atoms with van der Waals surface area (Å²) in [4.78, 5) is 12.4. The van der Waals surface area contributed by atoms with Crippen LogP contribution in [0.5, 0.6) is 5.75 Å². The Morgan fingerprint density at radius 2 is 2.35 bits per heavy atom. The molecule has 0 atom stereocenters. The number of carbonyl (C=O) groups is 1. The molecule has 17 heavy (non-hydrogen) atoms. The molecule has 0 fully saturated rings. The van der Waals surface area contributed by atoms with Crippen molar-refractivity contribution >= 4 is 5.78 Å². The number of ether oxygens (including phenoxy) is 1. The highest BCUT2D eigenvalue weighted by Crippen LogP contribution is 2.26. The van der Waals surface area contributed by atoms with E-state index >= 15 is 0 Å². The van der Waals surface area contributed by atoms with Gasteiger partial charge in [-0.25, -0.2) is 0 Å². The normalized spacial score (nSPS) is 15.5. The molecule has 0 aromatic carbocycles. The molecule has 0 saturated carbocycles. The van der Waals surface area contributed by atoms with Gasteiger partial charge < -0.3 is 4.74 Å². The predicted molar refractivity (Wildman–Crippen MR) is 65.3 cm³/mol. The van der Waals surface area contributed by atoms with Gasteiger partial charge in [-0.2, -0.15) is 5.10 Å². The Bertz CT molecular complexity index is 425. The molecule has 92 valence electrons. The SMILES string of the molecule is CCn1ncc(OC)c1C(=O)C1=CCCCC1. The third-order valence-electron chi connectivity index (χ3n) is 3.12. The maximum atomic E-state index is 12.4. The maximum absolute atomic E-state index is 12.4. The first-order chi connectivity index (χ1) is 8.27. The van der Waals surface area contributed by atoms with Gasteiger partial charge in [0.15, 0.2) is 11.4 Å². The summed E-state index contributed by atoms with van der Waals surface area (Å²) in [7, 11) is 1.57. The Hall–Kier alpha value is -1.58. The Labute approximate surface area is 101 Å². The van der Waals surface area contributed by atoms with Gasteiger partial charge in [-0.05, 0) is 38.2 Å². The lowest BCUT2D eigenvalue weighted by atomic mass is 9.95. The quantitative estimate of drug-likeness (QED) is 0.752. The maximum Gasteiger partial charge on any atom is 0.210 e. The van der Waals surface area contributed by atoms with E-state index in [-0.39, 0.29) is 5.78 Å². The van der Waals surface area contributed by atoms with Crippen LogP contribution in [0.2, 0.25) is 0 Å². The zero-order chi connectivity index (χ0) is 12.3. The fraction of sp³-hybridized carbons (Fsp3) is 0.538. The minimum Gasteiger partial charge on any atom is -0.493 e. The predicted octanol–water partition coefficient (Wildman–Crippen LogP) is 2.59. The van der Waals surface area contributed by atoms with Gasteiger partial charge in [-0.3, -0.25) is 9.48 Å². The van der Waals surface area contributed by atoms with E-state index in [4.69, 9.17) is 4.74 Å². The van der Waals surface area contributed by atoms with Crippen LogP contribution in [-0.4, -0.2) is 22.7 Å². The van der Waals surface area contributed by atoms with Crippen LogP contribution in [-0.2, 0) is 6.54 Å². The van der Waals surface area contributed by atoms with E-state index in [1.807, 2.05) is 6.92 Å². The van der Waals surface area contributed by atoms with Crippen LogP contribution >= 0.6 is 0 Å². The van der Waals surface area contributed by atoms with Crippen LogP contribution in [0.15, 0.2) is 17.8 Å². The molecular weight excluding hydrogens is 216 g/mol. The zero-order valence-electron chi connectivity index (χ0n) is 10.4. The number of methoxy groups -OCH3 is 1. The molecule has 0 radical (unpaired) electrons. The van der Waals surface area contributed by atoms with Crippen LogP contribution in [0, 0.1) is 0 Å². The number of allylic oxidation sites excluding steroid dienone is 2. The second kappa shape index (κ2) is 5.17. The smallest absolute Gasteiger partial charge is 0.210 e. The first-order valence-electron chi connectivity index (χ1n) is 6.11. The Morgan fingerprint density at radius 1 is 1.53 bits per heavy atom. The molecule has 0 amide bonds. The van der Waals surface area contributed by atoms with Crippen molar-refractivity contribution in [2.75, 3.05) is 7.11 Å². The summed E-state index contributed by atoms with van der Waals surface area (Å²) in [5, 5.41) is 4.16. The summed E-state index contributed by atoms with van der Waals surface area (Å²) in [6.45, 7) is 2.65. The van der Waals surface area contributed by atoms with Crippen LogP contribution in [0.25, 0.3) is 0 Å². The number of hydrogen-bond acceptors (Lipinski definition) is 3. The third-order valence-corrected chi connectivity index (χ3v) is 3.12. The Morgan fingerprint density at radius 3 is 2.94 bits per heavy atom. The van der Waals surface area contributed by atoms with Crippen LogP contribution in [0.4, 0.5) is 0 Å². The number of rotatable bonds is 4. The van der Waals surface area contributed by atoms with Crippen molar-refractivity contribution in [2.24, 2.45) is 0 Å². The molecule has 2 rings (SSSR count). The van der Waals surface area contributed by atoms with Crippen molar-refractivity contribution in [2.45, 2.75) is 39.2 Å². The molecule has 1 aromatic heterocycles. The summed E-state index contributed by atoms with van der Waals surface area (Å²) < 4.78 is 6.91. The van der Waals surface area contributed by atoms with E-state index in [2.05, 4.69) is 11.2 Å². The van der Waals surface area contributed by atoms with Crippen molar-refractivity contribution in [3.05, 3.63) is 23.5 Å². The molecule has 0 N–H and O–H groups in total. The molecular formula is C13H18N2O2. The summed E-state index contributed by atoms with van der Waals surface area (Å²) in [5.41, 5.74) is 1.49. The van der Waals surface area contributed by atoms with Gasteiger partial charge >= 0.3 is 0 Å². The highest BCUT2D eigenvalue weighted by atomic mass is 16.5. The summed E-state index contributed by atoms with van der Waals surface area (Å²) >= 11 is 0. The molecule has 0 aliphatic heterocycles. The van der Waals surface area contributed by atoms with E-state index < -0.39 is 0 Å². The van der Waals surface area contributed by atoms with Gasteiger partial charge in [0.25, 0.3) is 0 Å². The average molecular weight is 234 g/mol. The van der Waals surface area contributed by atoms with Crippen molar-refractivity contribution in [3.8, 4) is 5.75 Å². The number of Topliss-reactive ketones (excluding diaryl/α,β-unsaturated/α-hetero) is 1. The minimum absolute atomic E-state index is 0.0703. The van der Waals surface area contributed by atoms with E-state index in [1.54, 1.807) is 18.0 Å². The molecule has 4 heteroatoms. The number of aryl methyl sites for hydroxylation is 1. The number of ketones is 1. The van der Waals surface area contributed by atoms with Crippen molar-refractivity contribution in [1.82, 2.24) is 9.78 Å². The van der Waals surface area contributed by atoms with Gasteiger partial charge in [-0.15, -0.1) is 0 Å². The average Bonchev–Trinajstić information content (AvgIpc) is 2.81. The number of carbonyl (C=O) groups excluding carboxylic acids is 1. The minimum atomic E-state index is 0.0703. The van der Waals surface area contributed by atoms with Gasteiger partial charge in [0.2, 0.25) is 5.78 Å². The highest BCUT2D eigenvalue weighted by molar-refractivity contribution is 6.09. The summed E-state index contributed by atoms with van der Waals surface area (Å²) in [6, 6.07) is 0. The standard InChI is InChI=1S/C13H18N2O2/c1-3-15-12(11(17-2)9-14-15)13(16)10-7-5-4-6-8-10/h7,9H,3-6,8H2,1-2H3. The van der Waals surface area contributed by atoms with Crippen LogP contribution in [0.3, 0.4) is 0 Å². The molecule has 0 spiro atoms. The highest BCUT2D eigenvalue weighted by Gasteiger charge is 2.22. The first-order valence-corrected chi connectivity index (χ1v) is 6.11. The van der Waals surface area contributed by atoms with Crippen LogP contribution in [0.1, 0.15) is 43.1 Å². The largest absolute Gasteiger partial charge is 0.493 e. The van der Waals surface area contributed by atoms with Gasteiger partial charge in [0, 0.05) is 6.54 Å². The zero-order valence-corrected chi connectivity index (χ0v) is 10.4. The molecule has 4 nitrogen and oxygen atoms in total. The fourth-order valence-corrected chi connectivity index (χ4v) is 2.18. The van der Waals surface area contributed by atoms with Crippen molar-refractivity contribution in [3.63, 3.8) is 0 Å². The Balaban J connectivity index is 2.34. The molecule has 1 aliphatic rings. The molecule has 1 aliphatic carbocycles. The number of hydrogen-bond donors (Lipinski definition) is 0. The summed E-state index contributed by atoms with van der Waals surface area (Å²) in [5.74, 6) is 0.643. The summed E-state index contributed by atoms with van der Waals surface area (Å²) in [6.07, 6.45) is 7.82. The number of aromatic nitrogens is 2. The molecule has 1 aromatic rings. The fourth-order valence-electron chi connectivity index (χ4n) is 2.18. The van der Waals surface area contributed by atoms with Gasteiger partial charge in [0.1, 0.15) is 0 Å². The van der Waals surface area contributed by atoms with E-state index in [1.165, 1.54) is 6.42 Å². The molecule has 0 bridgehead atoms. The molecule has 0 saturated heterocycles. The Kier molecular flexibility index (Phi) is 3.61. The van der Waals surface area contributed by atoms with Crippen molar-refractivity contribution < 1.29 is 9.53 Å². The third kappa shape index (κ3) is 2.25. The second-order valence-corrected chi connectivity index (χ2v) is 4.18. The monoisotopic (exact) mass is 234 g/mol. The second-order valence-electron chi connectivity index (χ2n) is 4.18. The molecule has 1 heterocycles. The van der Waals surface area contributed by atoms with Crippen LogP contribution < -0.4 is 4.74 Å². The van der Waals surface area contributed by atoms with Gasteiger partial charge in [-0.1, -0.05) is 6.08 Å². The van der Waals surface area contributed by atoms with E-state index in [9.17, 15) is 4.79 Å². The van der Waals surface area contributed by atoms with E-state index in [0.717, 1.165) is 24.8 Å². The van der Waals surface area contributed by atoms with Gasteiger partial charge in [0.05, 0.1) is 13.3 Å². The molecule has 0 unspecified atom stereocenters. The first kappa shape index (κ1) is 11.9. The lowest BCUT2D eigenvalue weighted by Gasteiger charge is -2.13. The topological polar surface area (TPSA) is 44.1 Å². The van der Waals surface area contributed by atoms with Crippen molar-refractivity contribution in [1.29, 1.82) is 0 Å². The van der Waals surface area contributed by atoms with E-state index in [0.29, 0.717) is 18.0 Å². The lowest BCUT2D eigenvalue weighted by molar-refractivity contribution is 0.101. The number of nitrogens with zero attached hydrogens (tertiary/aromatic N) is 2. The lowest BCUT2D eigenvalue weighted by Crippen LogP contribution is -2.14.